The van der Waals surface area contributed by atoms with Gasteiger partial charge in [0.05, 0.1) is 24.2 Å². The molecule has 3 N–H and O–H groups in total. The Balaban J connectivity index is 1.45. The highest BCUT2D eigenvalue weighted by atomic mass is 16.6. The molecule has 164 valence electrons. The Morgan fingerprint density at radius 2 is 1.97 bits per heavy atom. The number of aliphatic hydroxyl groups is 2. The Hall–Kier alpha value is -1.28. The fourth-order valence-electron chi connectivity index (χ4n) is 4.87. The third-order valence-corrected chi connectivity index (χ3v) is 6.56. The van der Waals surface area contributed by atoms with Gasteiger partial charge in [-0.25, -0.2) is 0 Å². The van der Waals surface area contributed by atoms with Gasteiger partial charge in [-0.1, -0.05) is 51.5 Å². The predicted molar refractivity (Wildman–Crippen MR) is 107 cm³/mol. The summed E-state index contributed by atoms with van der Waals surface area (Å²) < 4.78 is 10.8. The Labute approximate surface area is 172 Å². The largest absolute Gasteiger partial charge is 0.390 e. The molecule has 29 heavy (non-hydrogen) atoms. The van der Waals surface area contributed by atoms with Gasteiger partial charge in [0.25, 0.3) is 0 Å². The van der Waals surface area contributed by atoms with E-state index in [-0.39, 0.29) is 18.4 Å². The molecule has 0 radical (unpaired) electrons. The van der Waals surface area contributed by atoms with Crippen molar-refractivity contribution in [1.82, 2.24) is 5.32 Å². The number of fused-ring (bicyclic) bond motifs is 4. The number of hydrogen-bond donors (Lipinski definition) is 3. The number of amides is 1. The fraction of sp³-hybridized carbons (Fsp3) is 0.818. The normalized spacial score (nSPS) is 38.1. The van der Waals surface area contributed by atoms with E-state index in [1.807, 2.05) is 6.08 Å². The minimum atomic E-state index is -1.66. The lowest BCUT2D eigenvalue weighted by molar-refractivity contribution is -0.173. The lowest BCUT2D eigenvalue weighted by Crippen LogP contribution is -2.69. The highest BCUT2D eigenvalue weighted by Crippen LogP contribution is 2.51. The maximum Gasteiger partial charge on any atom is 0.243 e. The number of carbonyl (C=O) groups excluding carboxylic acids is 2. The highest BCUT2D eigenvalue weighted by Gasteiger charge is 2.72. The van der Waals surface area contributed by atoms with Crippen molar-refractivity contribution in [2.75, 3.05) is 7.11 Å². The van der Waals surface area contributed by atoms with E-state index in [2.05, 4.69) is 12.2 Å². The molecule has 0 spiro atoms. The Morgan fingerprint density at radius 3 is 2.66 bits per heavy atom. The second kappa shape index (κ2) is 9.69. The Morgan fingerprint density at radius 1 is 1.28 bits per heavy atom. The van der Waals surface area contributed by atoms with E-state index < -0.39 is 41.7 Å². The fourth-order valence-corrected chi connectivity index (χ4v) is 4.87. The summed E-state index contributed by atoms with van der Waals surface area (Å²) in [6.07, 6.45) is 9.97. The first-order valence-electron chi connectivity index (χ1n) is 11.0. The van der Waals surface area contributed by atoms with Crippen LogP contribution < -0.4 is 5.32 Å². The molecule has 3 rings (SSSR count). The summed E-state index contributed by atoms with van der Waals surface area (Å²) in [5.41, 5.74) is -1.66. The van der Waals surface area contributed by atoms with Gasteiger partial charge >= 0.3 is 0 Å². The van der Waals surface area contributed by atoms with Crippen LogP contribution in [0.25, 0.3) is 0 Å². The van der Waals surface area contributed by atoms with E-state index in [1.165, 1.54) is 45.3 Å². The van der Waals surface area contributed by atoms with Crippen molar-refractivity contribution in [2.45, 2.75) is 101 Å². The molecule has 7 atom stereocenters. The Bertz CT molecular complexity index is 622. The Kier molecular flexibility index (Phi) is 7.48. The van der Waals surface area contributed by atoms with Gasteiger partial charge in [-0.2, -0.15) is 0 Å². The van der Waals surface area contributed by atoms with Crippen LogP contribution in [0.4, 0.5) is 0 Å². The molecule has 1 saturated heterocycles. The van der Waals surface area contributed by atoms with Crippen molar-refractivity contribution in [3.8, 4) is 0 Å². The molecule has 3 aliphatic rings. The molecule has 2 bridgehead atoms. The SMILES string of the molecule is CCCCCCCCC/C=C\C(=O)N[C@H]1C[C@@]2(O)C(=O)[C@@H]([C@H]1O)[C@H](OC)[C@@H]1O[C@@H]12. The minimum absolute atomic E-state index is 0.0432. The van der Waals surface area contributed by atoms with E-state index in [9.17, 15) is 19.8 Å². The molecular weight excluding hydrogens is 374 g/mol. The number of carbonyl (C=O) groups is 2. The van der Waals surface area contributed by atoms with Crippen LogP contribution in [0.3, 0.4) is 0 Å². The number of ether oxygens (including phenoxy) is 2. The van der Waals surface area contributed by atoms with Crippen LogP contribution in [0.5, 0.6) is 0 Å². The van der Waals surface area contributed by atoms with Crippen LogP contribution in [0.2, 0.25) is 0 Å². The summed E-state index contributed by atoms with van der Waals surface area (Å²) >= 11 is 0. The molecule has 0 unspecified atom stereocenters. The first-order chi connectivity index (χ1) is 13.9. The van der Waals surface area contributed by atoms with E-state index in [4.69, 9.17) is 9.47 Å². The quantitative estimate of drug-likeness (QED) is 0.272. The van der Waals surface area contributed by atoms with Crippen LogP contribution in [-0.2, 0) is 19.1 Å². The average Bonchev–Trinajstić information content (AvgIpc) is 3.49. The molecule has 1 amide bonds. The molecule has 0 aromatic rings. The zero-order valence-electron chi connectivity index (χ0n) is 17.5. The number of aliphatic hydroxyl groups excluding tert-OH is 1. The van der Waals surface area contributed by atoms with Crippen molar-refractivity contribution >= 4 is 11.7 Å². The summed E-state index contributed by atoms with van der Waals surface area (Å²) in [6, 6.07) is -0.721. The number of ketones is 1. The molecule has 3 fully saturated rings. The maximum absolute atomic E-state index is 12.6. The zero-order chi connectivity index (χ0) is 21.0. The smallest absolute Gasteiger partial charge is 0.243 e. The van der Waals surface area contributed by atoms with Gasteiger partial charge in [0.2, 0.25) is 5.91 Å². The minimum Gasteiger partial charge on any atom is -0.390 e. The van der Waals surface area contributed by atoms with E-state index in [1.54, 1.807) is 0 Å². The second-order valence-electron chi connectivity index (χ2n) is 8.66. The molecular formula is C22H35NO6. The van der Waals surface area contributed by atoms with Gasteiger partial charge in [-0.3, -0.25) is 9.59 Å². The molecule has 7 heteroatoms. The monoisotopic (exact) mass is 409 g/mol. The van der Waals surface area contributed by atoms with Crippen LogP contribution in [0.1, 0.15) is 64.7 Å². The topological polar surface area (TPSA) is 108 Å². The number of unbranched alkanes of at least 4 members (excludes halogenated alkanes) is 7. The lowest BCUT2D eigenvalue weighted by Gasteiger charge is -2.46. The van der Waals surface area contributed by atoms with Gasteiger partial charge < -0.3 is 25.0 Å². The first kappa shape index (κ1) is 22.4. The van der Waals surface area contributed by atoms with Gasteiger partial charge in [0, 0.05) is 13.5 Å². The molecule has 0 aromatic heterocycles. The number of rotatable bonds is 11. The first-order valence-corrected chi connectivity index (χ1v) is 11.0. The van der Waals surface area contributed by atoms with Gasteiger partial charge in [0.15, 0.2) is 11.4 Å². The zero-order valence-corrected chi connectivity index (χ0v) is 17.5. The van der Waals surface area contributed by atoms with E-state index in [0.29, 0.717) is 0 Å². The summed E-state index contributed by atoms with van der Waals surface area (Å²) in [5, 5.41) is 24.3. The summed E-state index contributed by atoms with van der Waals surface area (Å²) in [5.74, 6) is -1.67. The molecule has 1 aliphatic heterocycles. The number of epoxide rings is 1. The molecule has 7 nitrogen and oxygen atoms in total. The van der Waals surface area contributed by atoms with Crippen LogP contribution >= 0.6 is 0 Å². The third kappa shape index (κ3) is 4.74. The number of allylic oxidation sites excluding steroid dienone is 1. The van der Waals surface area contributed by atoms with Crippen molar-refractivity contribution in [1.29, 1.82) is 0 Å². The van der Waals surface area contributed by atoms with Gasteiger partial charge in [-0.15, -0.1) is 0 Å². The third-order valence-electron chi connectivity index (χ3n) is 6.56. The van der Waals surface area contributed by atoms with Gasteiger partial charge in [0.1, 0.15) is 12.2 Å². The highest BCUT2D eigenvalue weighted by molar-refractivity contribution is 5.95. The number of hydrogen-bond acceptors (Lipinski definition) is 6. The van der Waals surface area contributed by atoms with E-state index in [0.717, 1.165) is 19.3 Å². The van der Waals surface area contributed by atoms with Crippen LogP contribution in [0, 0.1) is 5.92 Å². The lowest BCUT2D eigenvalue weighted by atomic mass is 9.63. The summed E-state index contributed by atoms with van der Waals surface area (Å²) in [7, 11) is 1.46. The van der Waals surface area contributed by atoms with Crippen molar-refractivity contribution in [3.63, 3.8) is 0 Å². The van der Waals surface area contributed by atoms with Crippen LogP contribution in [-0.4, -0.2) is 65.1 Å². The molecule has 1 heterocycles. The van der Waals surface area contributed by atoms with Crippen molar-refractivity contribution < 1.29 is 29.3 Å². The average molecular weight is 410 g/mol. The number of Topliss-reactive ketones (excluding diaryl/α,β-unsaturated/α-hetero) is 1. The van der Waals surface area contributed by atoms with Crippen molar-refractivity contribution in [2.24, 2.45) is 5.92 Å². The van der Waals surface area contributed by atoms with Crippen molar-refractivity contribution in [3.05, 3.63) is 12.2 Å². The molecule has 2 aliphatic carbocycles. The summed E-state index contributed by atoms with van der Waals surface area (Å²) in [6.45, 7) is 2.21. The predicted octanol–water partition coefficient (Wildman–Crippen LogP) is 1.65. The maximum atomic E-state index is 12.6. The van der Waals surface area contributed by atoms with Gasteiger partial charge in [-0.05, 0) is 18.9 Å². The second-order valence-corrected chi connectivity index (χ2v) is 8.66. The number of nitrogens with one attached hydrogen (secondary N) is 1. The standard InChI is InChI=1S/C22H35NO6/c1-3-4-5-6-7-8-9-10-11-12-15(24)23-14-13-22(27)20(26)16(17(14)25)18(28-2)19-21(22)29-19/h11-12,14,16-19,21,25,27H,3-10,13H2,1-2H3,(H,23,24)/b12-11-/t14-,16-,17-,18-,19-,21-,22+/m0/s1. The summed E-state index contributed by atoms with van der Waals surface area (Å²) in [4.78, 5) is 24.9. The molecule has 0 aromatic carbocycles. The van der Waals surface area contributed by atoms with E-state index >= 15 is 0 Å². The van der Waals surface area contributed by atoms with Crippen LogP contribution in [0.15, 0.2) is 12.2 Å². The molecule has 2 saturated carbocycles. The number of methoxy groups -OCH3 is 1.